The highest BCUT2D eigenvalue weighted by Crippen LogP contribution is 2.40. The molecule has 80 valence electrons. The maximum absolute atomic E-state index is 8.25. The number of benzene rings is 2. The van der Waals surface area contributed by atoms with E-state index in [1.807, 2.05) is 60.7 Å². The van der Waals surface area contributed by atoms with Gasteiger partial charge >= 0.3 is 0 Å². The minimum absolute atomic E-state index is 0.0797. The molecular formula is C15H14O. The van der Waals surface area contributed by atoms with E-state index in [9.17, 15) is 0 Å². The van der Waals surface area contributed by atoms with Crippen molar-refractivity contribution in [1.82, 2.24) is 0 Å². The monoisotopic (exact) mass is 211 g/mol. The molecule has 1 aliphatic rings. The van der Waals surface area contributed by atoms with E-state index >= 15 is 0 Å². The van der Waals surface area contributed by atoms with Crippen LogP contribution in [-0.2, 0) is 11.2 Å². The lowest BCUT2D eigenvalue weighted by Crippen LogP contribution is -1.94. The molecule has 1 nitrogen and oxygen atoms in total. The summed E-state index contributed by atoms with van der Waals surface area (Å²) in [5, 5.41) is 0. The summed E-state index contributed by atoms with van der Waals surface area (Å²) in [4.78, 5) is 0. The zero-order valence-corrected chi connectivity index (χ0v) is 8.97. The van der Waals surface area contributed by atoms with Crippen LogP contribution in [0, 0.1) is 0 Å². The van der Waals surface area contributed by atoms with E-state index in [1.165, 1.54) is 0 Å². The highest BCUT2D eigenvalue weighted by molar-refractivity contribution is 5.25. The third kappa shape index (κ3) is 2.00. The zero-order valence-electron chi connectivity index (χ0n) is 9.97. The lowest BCUT2D eigenvalue weighted by molar-refractivity contribution is 0.373. The van der Waals surface area contributed by atoms with E-state index in [-0.39, 0.29) is 6.10 Å². The molecule has 0 aliphatic carbocycles. The van der Waals surface area contributed by atoms with Gasteiger partial charge < -0.3 is 4.74 Å². The Kier molecular flexibility index (Phi) is 2.19. The SMILES string of the molecule is [2H][C@@]1(Cc2ccccc2)O[C@H]1c1ccccc1. The second kappa shape index (κ2) is 4.11. The fourth-order valence-electron chi connectivity index (χ4n) is 1.93. The van der Waals surface area contributed by atoms with Gasteiger partial charge in [-0.05, 0) is 11.1 Å². The second-order valence-electron chi connectivity index (χ2n) is 4.04. The summed E-state index contributed by atoms with van der Waals surface area (Å²) < 4.78 is 13.8. The Hall–Kier alpha value is -1.60. The average Bonchev–Trinajstić information content (AvgIpc) is 3.03. The molecule has 0 unspecified atom stereocenters. The summed E-state index contributed by atoms with van der Waals surface area (Å²) in [7, 11) is 0. The summed E-state index contributed by atoms with van der Waals surface area (Å²) in [6.45, 7) is 0. The zero-order chi connectivity index (χ0) is 11.7. The average molecular weight is 211 g/mol. The van der Waals surface area contributed by atoms with Crippen LogP contribution in [0.1, 0.15) is 18.6 Å². The van der Waals surface area contributed by atoms with Crippen LogP contribution < -0.4 is 0 Å². The quantitative estimate of drug-likeness (QED) is 0.709. The lowest BCUT2D eigenvalue weighted by atomic mass is 10.0. The molecule has 0 aromatic heterocycles. The van der Waals surface area contributed by atoms with E-state index in [2.05, 4.69) is 0 Å². The van der Waals surface area contributed by atoms with Crippen molar-refractivity contribution in [3.8, 4) is 0 Å². The normalized spacial score (nSPS) is 28.5. The minimum atomic E-state index is -0.775. The van der Waals surface area contributed by atoms with Crippen molar-refractivity contribution in [1.29, 1.82) is 0 Å². The Balaban J connectivity index is 1.74. The van der Waals surface area contributed by atoms with Crippen molar-refractivity contribution in [2.45, 2.75) is 18.6 Å². The van der Waals surface area contributed by atoms with Crippen LogP contribution in [0.5, 0.6) is 0 Å². The van der Waals surface area contributed by atoms with Crippen molar-refractivity contribution in [2.75, 3.05) is 0 Å². The van der Waals surface area contributed by atoms with Crippen molar-refractivity contribution in [3.05, 3.63) is 71.8 Å². The largest absolute Gasteiger partial charge is 0.364 e. The van der Waals surface area contributed by atoms with Crippen LogP contribution in [0.3, 0.4) is 0 Å². The van der Waals surface area contributed by atoms with Gasteiger partial charge in [0.15, 0.2) is 0 Å². The summed E-state index contributed by atoms with van der Waals surface area (Å²) in [6, 6.07) is 20.1. The Morgan fingerprint density at radius 3 is 2.25 bits per heavy atom. The first kappa shape index (κ1) is 8.54. The number of epoxide rings is 1. The fraction of sp³-hybridized carbons (Fsp3) is 0.200. The summed E-state index contributed by atoms with van der Waals surface area (Å²) in [6.07, 6.45) is -0.209. The molecule has 0 saturated carbocycles. The summed E-state index contributed by atoms with van der Waals surface area (Å²) in [5.74, 6) is 0. The van der Waals surface area contributed by atoms with Gasteiger partial charge in [-0.25, -0.2) is 0 Å². The highest BCUT2D eigenvalue weighted by atomic mass is 16.6. The molecule has 0 spiro atoms. The third-order valence-electron chi connectivity index (χ3n) is 2.83. The van der Waals surface area contributed by atoms with Crippen molar-refractivity contribution >= 4 is 0 Å². The molecule has 1 aliphatic heterocycles. The molecule has 16 heavy (non-hydrogen) atoms. The molecule has 0 radical (unpaired) electrons. The molecular weight excluding hydrogens is 196 g/mol. The predicted octanol–water partition coefficient (Wildman–Crippen LogP) is 3.37. The molecule has 0 N–H and O–H groups in total. The van der Waals surface area contributed by atoms with Gasteiger partial charge in [-0.2, -0.15) is 0 Å². The Morgan fingerprint density at radius 1 is 0.938 bits per heavy atom. The van der Waals surface area contributed by atoms with Crippen LogP contribution >= 0.6 is 0 Å². The van der Waals surface area contributed by atoms with Gasteiger partial charge in [-0.1, -0.05) is 60.7 Å². The van der Waals surface area contributed by atoms with Gasteiger partial charge in [0.1, 0.15) is 6.10 Å². The van der Waals surface area contributed by atoms with Crippen LogP contribution in [0.25, 0.3) is 0 Å². The number of hydrogen-bond acceptors (Lipinski definition) is 1. The number of ether oxygens (including phenoxy) is 1. The molecule has 3 rings (SSSR count). The van der Waals surface area contributed by atoms with Gasteiger partial charge in [-0.3, -0.25) is 0 Å². The van der Waals surface area contributed by atoms with E-state index in [1.54, 1.807) is 0 Å². The van der Waals surface area contributed by atoms with Crippen molar-refractivity contribution in [3.63, 3.8) is 0 Å². The van der Waals surface area contributed by atoms with Gasteiger partial charge in [0.05, 0.1) is 7.45 Å². The van der Waals surface area contributed by atoms with Crippen LogP contribution in [0.2, 0.25) is 0 Å². The van der Waals surface area contributed by atoms with Gasteiger partial charge in [0.2, 0.25) is 0 Å². The smallest absolute Gasteiger partial charge is 0.109 e. The Labute approximate surface area is 97.1 Å². The number of rotatable bonds is 3. The molecule has 2 aromatic carbocycles. The van der Waals surface area contributed by atoms with E-state index < -0.39 is 6.08 Å². The number of hydrogen-bond donors (Lipinski definition) is 0. The molecule has 1 fully saturated rings. The molecule has 2 aromatic rings. The fourth-order valence-corrected chi connectivity index (χ4v) is 1.93. The van der Waals surface area contributed by atoms with E-state index in [4.69, 9.17) is 6.11 Å². The highest BCUT2D eigenvalue weighted by Gasteiger charge is 2.39. The van der Waals surface area contributed by atoms with Crippen LogP contribution in [-0.4, -0.2) is 6.08 Å². The first-order valence-electron chi connectivity index (χ1n) is 6.05. The van der Waals surface area contributed by atoms with Crippen molar-refractivity contribution < 1.29 is 6.11 Å². The van der Waals surface area contributed by atoms with E-state index in [0.717, 1.165) is 11.1 Å². The van der Waals surface area contributed by atoms with Gasteiger partial charge in [0, 0.05) is 6.42 Å². The summed E-state index contributed by atoms with van der Waals surface area (Å²) in [5.41, 5.74) is 2.25. The standard InChI is InChI=1S/C15H14O/c1-3-7-12(8-4-1)11-14-15(16-14)13-9-5-2-6-10-13/h1-10,14-15H,11H2/t14-,15-/m0/s1/i14D. The molecule has 1 saturated heterocycles. The second-order valence-corrected chi connectivity index (χ2v) is 4.04. The molecule has 0 bridgehead atoms. The molecule has 0 amide bonds. The predicted molar refractivity (Wildman–Crippen MR) is 64.2 cm³/mol. The first-order chi connectivity index (χ1) is 8.28. The van der Waals surface area contributed by atoms with Gasteiger partial charge in [0.25, 0.3) is 0 Å². The maximum atomic E-state index is 8.25. The van der Waals surface area contributed by atoms with E-state index in [0.29, 0.717) is 6.42 Å². The molecule has 2 atom stereocenters. The first-order valence-corrected chi connectivity index (χ1v) is 5.55. The van der Waals surface area contributed by atoms with Gasteiger partial charge in [-0.15, -0.1) is 0 Å². The minimum Gasteiger partial charge on any atom is -0.364 e. The maximum Gasteiger partial charge on any atom is 0.109 e. The van der Waals surface area contributed by atoms with Crippen LogP contribution in [0.15, 0.2) is 60.7 Å². The van der Waals surface area contributed by atoms with Crippen LogP contribution in [0.4, 0.5) is 0 Å². The lowest BCUT2D eigenvalue weighted by Gasteiger charge is -1.97. The molecule has 1 heteroatoms. The summed E-state index contributed by atoms with van der Waals surface area (Å²) >= 11 is 0. The third-order valence-corrected chi connectivity index (χ3v) is 2.83. The topological polar surface area (TPSA) is 12.5 Å². The molecule has 1 heterocycles. The van der Waals surface area contributed by atoms with Crippen molar-refractivity contribution in [2.24, 2.45) is 0 Å². The Morgan fingerprint density at radius 2 is 1.56 bits per heavy atom. The Bertz CT molecular complexity index is 497.